The standard InChI is InChI=1S/C17H13Cl2FN4OS/c1-10-22-23-17(24(10)12-7-5-11(20)6-8-12)26-9-15(25)21-14-4-2-3-13(18)16(14)19/h2-8H,9H2,1H3,(H,21,25). The Kier molecular flexibility index (Phi) is 5.80. The van der Waals surface area contributed by atoms with Crippen molar-refractivity contribution in [2.24, 2.45) is 0 Å². The van der Waals surface area contributed by atoms with E-state index in [4.69, 9.17) is 23.2 Å². The Labute approximate surface area is 163 Å². The summed E-state index contributed by atoms with van der Waals surface area (Å²) in [7, 11) is 0. The number of carbonyl (C=O) groups is 1. The van der Waals surface area contributed by atoms with Crippen LogP contribution in [0, 0.1) is 12.7 Å². The van der Waals surface area contributed by atoms with Crippen molar-refractivity contribution in [3.63, 3.8) is 0 Å². The third kappa shape index (κ3) is 4.17. The summed E-state index contributed by atoms with van der Waals surface area (Å²) in [5.74, 6) is 0.150. The number of amides is 1. The molecule has 0 aliphatic rings. The van der Waals surface area contributed by atoms with Gasteiger partial charge in [-0.1, -0.05) is 41.0 Å². The molecule has 134 valence electrons. The first-order chi connectivity index (χ1) is 12.5. The summed E-state index contributed by atoms with van der Waals surface area (Å²) >= 11 is 13.2. The molecular formula is C17H13Cl2FN4OS. The zero-order valence-electron chi connectivity index (χ0n) is 13.5. The predicted octanol–water partition coefficient (Wildman–Crippen LogP) is 4.75. The second-order valence-corrected chi connectivity index (χ2v) is 7.01. The Balaban J connectivity index is 1.71. The molecule has 0 unspecified atom stereocenters. The summed E-state index contributed by atoms with van der Waals surface area (Å²) in [4.78, 5) is 12.2. The van der Waals surface area contributed by atoms with E-state index < -0.39 is 0 Å². The molecule has 1 heterocycles. The van der Waals surface area contributed by atoms with Crippen molar-refractivity contribution < 1.29 is 9.18 Å². The van der Waals surface area contributed by atoms with E-state index in [9.17, 15) is 9.18 Å². The van der Waals surface area contributed by atoms with Crippen LogP contribution in [0.15, 0.2) is 47.6 Å². The first-order valence-corrected chi connectivity index (χ1v) is 9.24. The zero-order valence-corrected chi connectivity index (χ0v) is 15.9. The predicted molar refractivity (Wildman–Crippen MR) is 102 cm³/mol. The summed E-state index contributed by atoms with van der Waals surface area (Å²) in [6.07, 6.45) is 0. The number of aromatic nitrogens is 3. The fourth-order valence-corrected chi connectivity index (χ4v) is 3.39. The number of halogens is 3. The van der Waals surface area contributed by atoms with Crippen molar-refractivity contribution in [2.45, 2.75) is 12.1 Å². The average molecular weight is 411 g/mol. The van der Waals surface area contributed by atoms with Crippen molar-refractivity contribution in [3.05, 3.63) is 64.2 Å². The van der Waals surface area contributed by atoms with Crippen LogP contribution in [0.5, 0.6) is 0 Å². The number of hydrogen-bond donors (Lipinski definition) is 1. The van der Waals surface area contributed by atoms with Crippen LogP contribution < -0.4 is 5.32 Å². The average Bonchev–Trinajstić information content (AvgIpc) is 2.99. The van der Waals surface area contributed by atoms with Gasteiger partial charge in [-0.15, -0.1) is 10.2 Å². The lowest BCUT2D eigenvalue weighted by atomic mass is 10.3. The quantitative estimate of drug-likeness (QED) is 0.616. The SMILES string of the molecule is Cc1nnc(SCC(=O)Nc2cccc(Cl)c2Cl)n1-c1ccc(F)cc1. The second kappa shape index (κ2) is 8.07. The molecule has 0 spiro atoms. The molecule has 1 amide bonds. The Hall–Kier alpha value is -2.09. The smallest absolute Gasteiger partial charge is 0.234 e. The maximum atomic E-state index is 13.1. The molecule has 0 aliphatic carbocycles. The number of nitrogens with one attached hydrogen (secondary N) is 1. The maximum absolute atomic E-state index is 13.1. The van der Waals surface area contributed by atoms with Crippen LogP contribution in [0.2, 0.25) is 10.0 Å². The number of hydrogen-bond acceptors (Lipinski definition) is 4. The molecule has 3 rings (SSSR count). The minimum Gasteiger partial charge on any atom is -0.324 e. The number of nitrogens with zero attached hydrogens (tertiary/aromatic N) is 3. The molecule has 0 saturated heterocycles. The van der Waals surface area contributed by atoms with Crippen molar-refractivity contribution in [2.75, 3.05) is 11.1 Å². The Bertz CT molecular complexity index is 946. The molecule has 0 fully saturated rings. The first-order valence-electron chi connectivity index (χ1n) is 7.50. The van der Waals surface area contributed by atoms with E-state index in [0.717, 1.165) is 5.69 Å². The van der Waals surface area contributed by atoms with E-state index in [2.05, 4.69) is 15.5 Å². The number of benzene rings is 2. The van der Waals surface area contributed by atoms with Gasteiger partial charge in [0, 0.05) is 5.69 Å². The maximum Gasteiger partial charge on any atom is 0.234 e. The number of anilines is 1. The topological polar surface area (TPSA) is 59.8 Å². The third-order valence-corrected chi connectivity index (χ3v) is 5.19. The molecular weight excluding hydrogens is 398 g/mol. The van der Waals surface area contributed by atoms with Gasteiger partial charge in [0.25, 0.3) is 0 Å². The van der Waals surface area contributed by atoms with Crippen LogP contribution in [0.4, 0.5) is 10.1 Å². The fraction of sp³-hybridized carbons (Fsp3) is 0.118. The van der Waals surface area contributed by atoms with E-state index in [0.29, 0.717) is 21.7 Å². The van der Waals surface area contributed by atoms with E-state index in [1.165, 1.54) is 23.9 Å². The van der Waals surface area contributed by atoms with Gasteiger partial charge in [0.1, 0.15) is 11.6 Å². The molecule has 5 nitrogen and oxygen atoms in total. The molecule has 3 aromatic rings. The van der Waals surface area contributed by atoms with Gasteiger partial charge in [-0.05, 0) is 43.3 Å². The molecule has 1 N–H and O–H groups in total. The largest absolute Gasteiger partial charge is 0.324 e. The minimum atomic E-state index is -0.327. The third-order valence-electron chi connectivity index (χ3n) is 3.44. The van der Waals surface area contributed by atoms with Crippen molar-refractivity contribution in [1.29, 1.82) is 0 Å². The van der Waals surface area contributed by atoms with Crippen LogP contribution in [0.1, 0.15) is 5.82 Å². The summed E-state index contributed by atoms with van der Waals surface area (Å²) in [5, 5.41) is 12.0. The molecule has 26 heavy (non-hydrogen) atoms. The van der Waals surface area contributed by atoms with E-state index in [-0.39, 0.29) is 22.5 Å². The summed E-state index contributed by atoms with van der Waals surface area (Å²) in [6, 6.07) is 11.0. The van der Waals surface area contributed by atoms with E-state index >= 15 is 0 Å². The number of aryl methyl sites for hydroxylation is 1. The van der Waals surface area contributed by atoms with Gasteiger partial charge in [-0.2, -0.15) is 0 Å². The highest BCUT2D eigenvalue weighted by Gasteiger charge is 2.14. The molecule has 0 aliphatic heterocycles. The molecule has 1 aromatic heterocycles. The Morgan fingerprint density at radius 2 is 1.92 bits per heavy atom. The van der Waals surface area contributed by atoms with Crippen molar-refractivity contribution in [1.82, 2.24) is 14.8 Å². The first kappa shape index (κ1) is 18.7. The van der Waals surface area contributed by atoms with Crippen LogP contribution in [0.3, 0.4) is 0 Å². The van der Waals surface area contributed by atoms with Gasteiger partial charge in [0.05, 0.1) is 21.5 Å². The van der Waals surface area contributed by atoms with Crippen molar-refractivity contribution >= 4 is 46.6 Å². The van der Waals surface area contributed by atoms with E-state index in [1.807, 2.05) is 0 Å². The van der Waals surface area contributed by atoms with Crippen LogP contribution >= 0.6 is 35.0 Å². The Morgan fingerprint density at radius 3 is 2.65 bits per heavy atom. The lowest BCUT2D eigenvalue weighted by Gasteiger charge is -2.09. The molecule has 2 aromatic carbocycles. The van der Waals surface area contributed by atoms with Gasteiger partial charge >= 0.3 is 0 Å². The number of rotatable bonds is 5. The zero-order chi connectivity index (χ0) is 18.7. The van der Waals surface area contributed by atoms with Crippen LogP contribution in [0.25, 0.3) is 5.69 Å². The minimum absolute atomic E-state index is 0.0994. The fourth-order valence-electron chi connectivity index (χ4n) is 2.24. The molecule has 9 heteroatoms. The van der Waals surface area contributed by atoms with Crippen molar-refractivity contribution in [3.8, 4) is 5.69 Å². The van der Waals surface area contributed by atoms with Crippen LogP contribution in [-0.4, -0.2) is 26.4 Å². The second-order valence-electron chi connectivity index (χ2n) is 5.28. The molecule has 0 atom stereocenters. The Morgan fingerprint density at radius 1 is 1.19 bits per heavy atom. The van der Waals surface area contributed by atoms with Crippen LogP contribution in [-0.2, 0) is 4.79 Å². The molecule has 0 bridgehead atoms. The number of thioether (sulfide) groups is 1. The highest BCUT2D eigenvalue weighted by Crippen LogP contribution is 2.30. The van der Waals surface area contributed by atoms with Gasteiger partial charge in [-0.25, -0.2) is 4.39 Å². The highest BCUT2D eigenvalue weighted by molar-refractivity contribution is 7.99. The highest BCUT2D eigenvalue weighted by atomic mass is 35.5. The monoisotopic (exact) mass is 410 g/mol. The van der Waals surface area contributed by atoms with E-state index in [1.54, 1.807) is 41.8 Å². The summed E-state index contributed by atoms with van der Waals surface area (Å²) in [6.45, 7) is 1.78. The van der Waals surface area contributed by atoms with Gasteiger partial charge < -0.3 is 5.32 Å². The van der Waals surface area contributed by atoms with Gasteiger partial charge in [0.15, 0.2) is 5.16 Å². The lowest BCUT2D eigenvalue weighted by Crippen LogP contribution is -2.15. The van der Waals surface area contributed by atoms with Gasteiger partial charge in [-0.3, -0.25) is 9.36 Å². The normalized spacial score (nSPS) is 10.8. The lowest BCUT2D eigenvalue weighted by molar-refractivity contribution is -0.113. The summed E-state index contributed by atoms with van der Waals surface area (Å²) in [5.41, 5.74) is 1.16. The summed E-state index contributed by atoms with van der Waals surface area (Å²) < 4.78 is 14.9. The van der Waals surface area contributed by atoms with Gasteiger partial charge in [0.2, 0.25) is 5.91 Å². The molecule has 0 radical (unpaired) electrons. The molecule has 0 saturated carbocycles. The number of carbonyl (C=O) groups excluding carboxylic acids is 1.